The number of nitrogens with zero attached hydrogens (tertiary/aromatic N) is 1. The molecule has 1 aromatic rings. The summed E-state index contributed by atoms with van der Waals surface area (Å²) in [5.41, 5.74) is 1.07. The van der Waals surface area contributed by atoms with Gasteiger partial charge in [0, 0.05) is 25.9 Å². The molecule has 0 aliphatic carbocycles. The molecule has 7 nitrogen and oxygen atoms in total. The van der Waals surface area contributed by atoms with Gasteiger partial charge in [0.15, 0.2) is 5.11 Å². The molecule has 0 aromatic heterocycles. The molecule has 0 radical (unpaired) electrons. The zero-order chi connectivity index (χ0) is 21.1. The van der Waals surface area contributed by atoms with Gasteiger partial charge in [-0.15, -0.1) is 0 Å². The molecule has 158 valence electrons. The minimum Gasteiger partial charge on any atom is -0.465 e. The van der Waals surface area contributed by atoms with E-state index in [1.54, 1.807) is 4.90 Å². The fraction of sp³-hybridized carbons (Fsp3) is 0.524. The molecule has 2 amide bonds. The molecule has 2 rings (SSSR count). The normalized spacial score (nSPS) is 16.1. The lowest BCUT2D eigenvalue weighted by molar-refractivity contribution is -0.147. The van der Waals surface area contributed by atoms with Crippen LogP contribution in [0.25, 0.3) is 0 Å². The van der Waals surface area contributed by atoms with Crippen molar-refractivity contribution >= 4 is 35.1 Å². The smallest absolute Gasteiger partial charge is 0.308 e. The van der Waals surface area contributed by atoms with E-state index < -0.39 is 12.0 Å². The van der Waals surface area contributed by atoms with E-state index in [1.165, 1.54) is 0 Å². The van der Waals surface area contributed by atoms with Gasteiger partial charge in [0.25, 0.3) is 0 Å². The zero-order valence-corrected chi connectivity index (χ0v) is 17.6. The maximum atomic E-state index is 12.3. The number of ether oxygens (including phenoxy) is 1. The maximum absolute atomic E-state index is 12.3. The number of esters is 1. The van der Waals surface area contributed by atoms with E-state index in [4.69, 9.17) is 17.0 Å². The zero-order valence-electron chi connectivity index (χ0n) is 16.8. The second-order valence-electron chi connectivity index (χ2n) is 6.97. The van der Waals surface area contributed by atoms with E-state index in [9.17, 15) is 14.4 Å². The van der Waals surface area contributed by atoms with Crippen LogP contribution in [0.2, 0.25) is 0 Å². The lowest BCUT2D eigenvalue weighted by atomic mass is 10.1. The molecule has 0 unspecified atom stereocenters. The second-order valence-corrected chi connectivity index (χ2v) is 7.36. The van der Waals surface area contributed by atoms with Gasteiger partial charge in [-0.3, -0.25) is 14.4 Å². The summed E-state index contributed by atoms with van der Waals surface area (Å²) in [6.07, 6.45) is 3.68. The molecule has 1 heterocycles. The van der Waals surface area contributed by atoms with Crippen molar-refractivity contribution in [3.63, 3.8) is 0 Å². The van der Waals surface area contributed by atoms with Crippen LogP contribution in [0.4, 0.5) is 0 Å². The number of hydrogen-bond acceptors (Lipinski definition) is 5. The molecule has 1 aromatic carbocycles. The number of hydrogen-bond donors (Lipinski definition) is 2. The molecular formula is C21H29N3O4S. The summed E-state index contributed by atoms with van der Waals surface area (Å²) in [5, 5.41) is 5.61. The Hall–Kier alpha value is -2.48. The SMILES string of the molecule is CCCCCC(=O)NC(=S)N1CCNC(=O)[C@@H]1CC(=O)OCCc1ccccc1. The van der Waals surface area contributed by atoms with E-state index >= 15 is 0 Å². The van der Waals surface area contributed by atoms with Gasteiger partial charge in [-0.1, -0.05) is 50.1 Å². The highest BCUT2D eigenvalue weighted by molar-refractivity contribution is 7.80. The van der Waals surface area contributed by atoms with Crippen LogP contribution >= 0.6 is 12.2 Å². The average molecular weight is 420 g/mol. The van der Waals surface area contributed by atoms with Crippen LogP contribution in [-0.2, 0) is 25.5 Å². The van der Waals surface area contributed by atoms with Crippen molar-refractivity contribution in [3.05, 3.63) is 35.9 Å². The van der Waals surface area contributed by atoms with Gasteiger partial charge in [0.2, 0.25) is 11.8 Å². The third-order valence-electron chi connectivity index (χ3n) is 4.70. The topological polar surface area (TPSA) is 87.7 Å². The standard InChI is InChI=1S/C21H29N3O4S/c1-2-3-5-10-18(25)23-21(29)24-13-12-22-20(27)17(24)15-19(26)28-14-11-16-8-6-4-7-9-16/h4,6-9,17H,2-3,5,10-15H2,1H3,(H,22,27)(H,23,25,29)/t17-/m0/s1. The number of benzene rings is 1. The number of nitrogens with one attached hydrogen (secondary N) is 2. The van der Waals surface area contributed by atoms with Crippen molar-refractivity contribution in [1.29, 1.82) is 0 Å². The van der Waals surface area contributed by atoms with Crippen molar-refractivity contribution in [2.45, 2.75) is 51.5 Å². The first-order valence-corrected chi connectivity index (χ1v) is 10.5. The lowest BCUT2D eigenvalue weighted by Gasteiger charge is -2.36. The fourth-order valence-electron chi connectivity index (χ4n) is 3.09. The van der Waals surface area contributed by atoms with E-state index in [0.717, 1.165) is 24.8 Å². The Morgan fingerprint density at radius 2 is 2.03 bits per heavy atom. The molecule has 1 fully saturated rings. The van der Waals surface area contributed by atoms with Gasteiger partial charge < -0.3 is 20.3 Å². The molecule has 1 aliphatic heterocycles. The summed E-state index contributed by atoms with van der Waals surface area (Å²) in [6, 6.07) is 8.93. The highest BCUT2D eigenvalue weighted by atomic mass is 32.1. The summed E-state index contributed by atoms with van der Waals surface area (Å²) in [5.74, 6) is -0.928. The molecule has 1 aliphatic rings. The van der Waals surface area contributed by atoms with Gasteiger partial charge in [0.05, 0.1) is 13.0 Å². The van der Waals surface area contributed by atoms with Gasteiger partial charge >= 0.3 is 5.97 Å². The summed E-state index contributed by atoms with van der Waals surface area (Å²) in [7, 11) is 0. The Morgan fingerprint density at radius 3 is 2.76 bits per heavy atom. The van der Waals surface area contributed by atoms with Gasteiger partial charge in [0.1, 0.15) is 6.04 Å². The van der Waals surface area contributed by atoms with E-state index in [2.05, 4.69) is 17.6 Å². The maximum Gasteiger partial charge on any atom is 0.308 e. The Morgan fingerprint density at radius 1 is 1.28 bits per heavy atom. The van der Waals surface area contributed by atoms with Crippen molar-refractivity contribution in [2.75, 3.05) is 19.7 Å². The Balaban J connectivity index is 1.84. The van der Waals surface area contributed by atoms with E-state index in [0.29, 0.717) is 25.9 Å². The highest BCUT2D eigenvalue weighted by Crippen LogP contribution is 2.11. The molecule has 0 spiro atoms. The van der Waals surface area contributed by atoms with Gasteiger partial charge in [-0.2, -0.15) is 0 Å². The molecule has 1 saturated heterocycles. The number of carbonyl (C=O) groups is 3. The number of thiocarbonyl (C=S) groups is 1. The lowest BCUT2D eigenvalue weighted by Crippen LogP contribution is -2.60. The number of piperazine rings is 1. The van der Waals surface area contributed by atoms with E-state index in [1.807, 2.05) is 30.3 Å². The second kappa shape index (κ2) is 12.2. The molecule has 29 heavy (non-hydrogen) atoms. The predicted octanol–water partition coefficient (Wildman–Crippen LogP) is 1.94. The minimum absolute atomic E-state index is 0.119. The first kappa shape index (κ1) is 22.8. The van der Waals surface area contributed by atoms with Gasteiger partial charge in [-0.05, 0) is 24.2 Å². The number of rotatable bonds is 9. The summed E-state index contributed by atoms with van der Waals surface area (Å²) in [6.45, 7) is 3.15. The van der Waals surface area contributed by atoms with Crippen LogP contribution < -0.4 is 10.6 Å². The Labute approximate surface area is 177 Å². The summed E-state index contributed by atoms with van der Waals surface area (Å²) < 4.78 is 5.30. The molecule has 0 saturated carbocycles. The van der Waals surface area contributed by atoms with Crippen LogP contribution in [0.5, 0.6) is 0 Å². The minimum atomic E-state index is -0.781. The molecular weight excluding hydrogens is 390 g/mol. The largest absolute Gasteiger partial charge is 0.465 e. The van der Waals surface area contributed by atoms with Crippen molar-refractivity contribution in [3.8, 4) is 0 Å². The summed E-state index contributed by atoms with van der Waals surface area (Å²) in [4.78, 5) is 38.2. The van der Waals surface area contributed by atoms with Crippen LogP contribution in [0.3, 0.4) is 0 Å². The first-order chi connectivity index (χ1) is 14.0. The number of carbonyl (C=O) groups excluding carboxylic acids is 3. The first-order valence-electron chi connectivity index (χ1n) is 10.1. The van der Waals surface area contributed by atoms with Crippen LogP contribution in [0.15, 0.2) is 30.3 Å². The van der Waals surface area contributed by atoms with Crippen LogP contribution in [0.1, 0.15) is 44.6 Å². The van der Waals surface area contributed by atoms with Crippen molar-refractivity contribution < 1.29 is 19.1 Å². The van der Waals surface area contributed by atoms with Gasteiger partial charge in [-0.25, -0.2) is 0 Å². The third-order valence-corrected chi connectivity index (χ3v) is 5.04. The number of unbranched alkanes of at least 4 members (excludes halogenated alkanes) is 2. The Kier molecular flexibility index (Phi) is 9.56. The molecule has 2 N–H and O–H groups in total. The average Bonchev–Trinajstić information content (AvgIpc) is 2.70. The molecule has 0 bridgehead atoms. The van der Waals surface area contributed by atoms with Crippen LogP contribution in [0, 0.1) is 0 Å². The molecule has 1 atom stereocenters. The fourth-order valence-corrected chi connectivity index (χ4v) is 3.43. The Bertz CT molecular complexity index is 711. The van der Waals surface area contributed by atoms with Crippen molar-refractivity contribution in [2.24, 2.45) is 0 Å². The predicted molar refractivity (Wildman–Crippen MR) is 114 cm³/mol. The van der Waals surface area contributed by atoms with Crippen molar-refractivity contribution in [1.82, 2.24) is 15.5 Å². The van der Waals surface area contributed by atoms with E-state index in [-0.39, 0.29) is 30.0 Å². The quantitative estimate of drug-likeness (QED) is 0.361. The summed E-state index contributed by atoms with van der Waals surface area (Å²) >= 11 is 5.33. The highest BCUT2D eigenvalue weighted by Gasteiger charge is 2.34. The number of amides is 2. The molecule has 8 heteroatoms. The van der Waals surface area contributed by atoms with Crippen LogP contribution in [-0.4, -0.2) is 53.5 Å². The third kappa shape index (κ3) is 7.81. The monoisotopic (exact) mass is 419 g/mol.